The monoisotopic (exact) mass is 440 g/mol. The summed E-state index contributed by atoms with van der Waals surface area (Å²) < 4.78 is 6.06. The van der Waals surface area contributed by atoms with Crippen LogP contribution in [0.5, 0.6) is 0 Å². The first kappa shape index (κ1) is 19.7. The molecule has 2 aliphatic rings. The average Bonchev–Trinajstić information content (AvgIpc) is 3.32. The predicted molar refractivity (Wildman–Crippen MR) is 122 cm³/mol. The van der Waals surface area contributed by atoms with Crippen LogP contribution in [0.2, 0.25) is 5.02 Å². The molecule has 1 aliphatic carbocycles. The lowest BCUT2D eigenvalue weighted by Crippen LogP contribution is -2.38. The zero-order valence-corrected chi connectivity index (χ0v) is 18.9. The van der Waals surface area contributed by atoms with Crippen molar-refractivity contribution in [2.45, 2.75) is 46.2 Å². The number of carbonyl (C=O) groups is 1. The minimum absolute atomic E-state index is 0.00935. The van der Waals surface area contributed by atoms with Gasteiger partial charge in [-0.15, -0.1) is 11.3 Å². The van der Waals surface area contributed by atoms with E-state index in [4.69, 9.17) is 16.0 Å². The van der Waals surface area contributed by atoms with Crippen LogP contribution in [0.15, 0.2) is 40.8 Å². The minimum Gasteiger partial charge on any atom is -0.457 e. The van der Waals surface area contributed by atoms with E-state index in [2.05, 4.69) is 31.4 Å². The lowest BCUT2D eigenvalue weighted by molar-refractivity contribution is 0.0930. The SMILES string of the molecule is CC(C)(C)[C@@H]1CCc2c(sc3c2C(=O)N[C@H](c2ccc(-c4ccc(Cl)cc4)o2)N3)C1. The Morgan fingerprint density at radius 3 is 2.60 bits per heavy atom. The fourth-order valence-corrected chi connectivity index (χ4v) is 5.94. The summed E-state index contributed by atoms with van der Waals surface area (Å²) in [5.74, 6) is 2.08. The molecule has 1 amide bonds. The number of hydrogen-bond acceptors (Lipinski definition) is 4. The van der Waals surface area contributed by atoms with Crippen LogP contribution in [0, 0.1) is 11.3 Å². The normalized spacial score (nSPS) is 20.9. The van der Waals surface area contributed by atoms with Gasteiger partial charge in [-0.2, -0.15) is 0 Å². The molecule has 1 aliphatic heterocycles. The average molecular weight is 441 g/mol. The van der Waals surface area contributed by atoms with Crippen molar-refractivity contribution in [1.82, 2.24) is 5.32 Å². The molecule has 3 heterocycles. The van der Waals surface area contributed by atoms with Gasteiger partial charge >= 0.3 is 0 Å². The zero-order valence-electron chi connectivity index (χ0n) is 17.3. The quantitative estimate of drug-likeness (QED) is 0.468. The van der Waals surface area contributed by atoms with Gasteiger partial charge in [-0.3, -0.25) is 4.79 Å². The molecule has 5 rings (SSSR count). The van der Waals surface area contributed by atoms with Crippen LogP contribution in [-0.4, -0.2) is 5.91 Å². The summed E-state index contributed by atoms with van der Waals surface area (Å²) in [6.45, 7) is 6.94. The van der Waals surface area contributed by atoms with E-state index < -0.39 is 0 Å². The molecule has 0 saturated heterocycles. The first-order valence-electron chi connectivity index (χ1n) is 10.4. The number of halogens is 1. The van der Waals surface area contributed by atoms with Gasteiger partial charge in [-0.05, 0) is 72.6 Å². The maximum absolute atomic E-state index is 13.0. The fraction of sp³-hybridized carbons (Fsp3) is 0.375. The summed E-state index contributed by atoms with van der Waals surface area (Å²) in [5, 5.41) is 8.24. The Bertz CT molecular complexity index is 1110. The van der Waals surface area contributed by atoms with Gasteiger partial charge in [0.1, 0.15) is 16.5 Å². The second kappa shape index (κ2) is 7.17. The Balaban J connectivity index is 1.41. The molecule has 6 heteroatoms. The highest BCUT2D eigenvalue weighted by Crippen LogP contribution is 2.46. The lowest BCUT2D eigenvalue weighted by Gasteiger charge is -2.34. The summed E-state index contributed by atoms with van der Waals surface area (Å²) in [6.07, 6.45) is 2.80. The Kier molecular flexibility index (Phi) is 4.71. The first-order chi connectivity index (χ1) is 14.3. The van der Waals surface area contributed by atoms with Crippen molar-refractivity contribution in [3.05, 3.63) is 63.2 Å². The number of hydrogen-bond donors (Lipinski definition) is 2. The van der Waals surface area contributed by atoms with Crippen molar-refractivity contribution in [3.63, 3.8) is 0 Å². The molecular weight excluding hydrogens is 416 g/mol. The summed E-state index contributed by atoms with van der Waals surface area (Å²) in [7, 11) is 0. The molecule has 2 N–H and O–H groups in total. The Labute approximate surface area is 185 Å². The molecular formula is C24H25ClN2O2S. The smallest absolute Gasteiger partial charge is 0.256 e. The summed E-state index contributed by atoms with van der Waals surface area (Å²) in [4.78, 5) is 14.4. The van der Waals surface area contributed by atoms with E-state index in [1.54, 1.807) is 11.3 Å². The van der Waals surface area contributed by atoms with Crippen LogP contribution in [-0.2, 0) is 12.8 Å². The standard InChI is InChI=1S/C24H25ClN2O2S/c1-24(2,3)14-6-9-16-19(12-14)30-23-20(16)22(28)26-21(27-23)18-11-10-17(29-18)13-4-7-15(25)8-5-13/h4-5,7-8,10-11,14,21,27H,6,9,12H2,1-3H3,(H,26,28)/t14-,21+/m1/s1. The third kappa shape index (κ3) is 3.44. The van der Waals surface area contributed by atoms with Crippen molar-refractivity contribution < 1.29 is 9.21 Å². The number of carbonyl (C=O) groups excluding carboxylic acids is 1. The van der Waals surface area contributed by atoms with E-state index in [-0.39, 0.29) is 17.5 Å². The highest BCUT2D eigenvalue weighted by molar-refractivity contribution is 7.16. The van der Waals surface area contributed by atoms with Crippen molar-refractivity contribution in [3.8, 4) is 11.3 Å². The molecule has 0 spiro atoms. The maximum Gasteiger partial charge on any atom is 0.256 e. The summed E-state index contributed by atoms with van der Waals surface area (Å²) in [5.41, 5.74) is 3.31. The van der Waals surface area contributed by atoms with E-state index in [0.29, 0.717) is 16.7 Å². The van der Waals surface area contributed by atoms with Gasteiger partial charge in [0, 0.05) is 15.5 Å². The van der Waals surface area contributed by atoms with Gasteiger partial charge in [0.25, 0.3) is 5.91 Å². The van der Waals surface area contributed by atoms with Gasteiger partial charge in [-0.1, -0.05) is 32.4 Å². The molecule has 0 fully saturated rings. The number of furan rings is 1. The van der Waals surface area contributed by atoms with Crippen LogP contribution < -0.4 is 10.6 Å². The number of thiophene rings is 1. The minimum atomic E-state index is -0.371. The van der Waals surface area contributed by atoms with Crippen molar-refractivity contribution in [1.29, 1.82) is 0 Å². The van der Waals surface area contributed by atoms with Crippen molar-refractivity contribution in [2.24, 2.45) is 11.3 Å². The summed E-state index contributed by atoms with van der Waals surface area (Å²) in [6, 6.07) is 11.4. The van der Waals surface area contributed by atoms with Crippen LogP contribution in [0.25, 0.3) is 11.3 Å². The molecule has 2 atom stereocenters. The van der Waals surface area contributed by atoms with Gasteiger partial charge in [-0.25, -0.2) is 0 Å². The second-order valence-corrected chi connectivity index (χ2v) is 10.8. The second-order valence-electron chi connectivity index (χ2n) is 9.27. The van der Waals surface area contributed by atoms with E-state index in [0.717, 1.165) is 41.2 Å². The van der Waals surface area contributed by atoms with Gasteiger partial charge < -0.3 is 15.1 Å². The molecule has 156 valence electrons. The van der Waals surface area contributed by atoms with Gasteiger partial charge in [0.05, 0.1) is 5.56 Å². The van der Waals surface area contributed by atoms with E-state index in [1.807, 2.05) is 36.4 Å². The molecule has 30 heavy (non-hydrogen) atoms. The fourth-order valence-electron chi connectivity index (χ4n) is 4.46. The summed E-state index contributed by atoms with van der Waals surface area (Å²) >= 11 is 7.72. The highest BCUT2D eigenvalue weighted by atomic mass is 35.5. The number of amides is 1. The third-order valence-corrected chi connectivity index (χ3v) is 7.75. The zero-order chi connectivity index (χ0) is 21.0. The number of fused-ring (bicyclic) bond motifs is 3. The third-order valence-electron chi connectivity index (χ3n) is 6.31. The number of rotatable bonds is 2. The predicted octanol–water partition coefficient (Wildman–Crippen LogP) is 6.67. The van der Waals surface area contributed by atoms with E-state index in [9.17, 15) is 4.79 Å². The Morgan fingerprint density at radius 2 is 1.87 bits per heavy atom. The topological polar surface area (TPSA) is 54.3 Å². The van der Waals surface area contributed by atoms with Crippen molar-refractivity contribution in [2.75, 3.05) is 5.32 Å². The van der Waals surface area contributed by atoms with Crippen LogP contribution in [0.4, 0.5) is 5.00 Å². The Hall–Kier alpha value is -2.24. The first-order valence-corrected chi connectivity index (χ1v) is 11.6. The molecule has 4 nitrogen and oxygen atoms in total. The molecule has 0 unspecified atom stereocenters. The van der Waals surface area contributed by atoms with Gasteiger partial charge in [0.2, 0.25) is 0 Å². The molecule has 0 radical (unpaired) electrons. The van der Waals surface area contributed by atoms with E-state index >= 15 is 0 Å². The molecule has 0 saturated carbocycles. The largest absolute Gasteiger partial charge is 0.457 e. The number of anilines is 1. The van der Waals surface area contributed by atoms with Gasteiger partial charge in [0.15, 0.2) is 6.17 Å². The highest BCUT2D eigenvalue weighted by Gasteiger charge is 2.37. The number of benzene rings is 1. The lowest BCUT2D eigenvalue weighted by atomic mass is 9.72. The van der Waals surface area contributed by atoms with Crippen LogP contribution in [0.1, 0.15) is 59.9 Å². The van der Waals surface area contributed by atoms with Crippen LogP contribution >= 0.6 is 22.9 Å². The van der Waals surface area contributed by atoms with E-state index in [1.165, 1.54) is 10.4 Å². The molecule has 3 aromatic rings. The molecule has 0 bridgehead atoms. The van der Waals surface area contributed by atoms with Crippen molar-refractivity contribution >= 4 is 33.8 Å². The number of nitrogens with one attached hydrogen (secondary N) is 2. The van der Waals surface area contributed by atoms with Crippen LogP contribution in [0.3, 0.4) is 0 Å². The Morgan fingerprint density at radius 1 is 1.10 bits per heavy atom. The molecule has 1 aromatic carbocycles. The maximum atomic E-state index is 13.0. The molecule has 2 aromatic heterocycles.